The van der Waals surface area contributed by atoms with E-state index in [4.69, 9.17) is 9.47 Å². The minimum atomic E-state index is -0.132. The lowest BCUT2D eigenvalue weighted by molar-refractivity contribution is -0.155. The number of carbonyl (C=O) groups is 2. The standard InChI is InChI=1S/C27H50O4/c1-22(2)15-10-8-6-5-7-9-12-19-30-26(28)24-17-14-18-25(21-24)27(29)31-20-13-11-16-23(3)4/h22-25H,5-21H2,1-4H3. The largest absolute Gasteiger partial charge is 0.465 e. The van der Waals surface area contributed by atoms with Gasteiger partial charge < -0.3 is 9.47 Å². The minimum Gasteiger partial charge on any atom is -0.465 e. The monoisotopic (exact) mass is 438 g/mol. The van der Waals surface area contributed by atoms with Crippen molar-refractivity contribution in [3.63, 3.8) is 0 Å². The van der Waals surface area contributed by atoms with Crippen LogP contribution >= 0.6 is 0 Å². The topological polar surface area (TPSA) is 52.6 Å². The Kier molecular flexibility index (Phi) is 15.8. The van der Waals surface area contributed by atoms with E-state index in [-0.39, 0.29) is 23.8 Å². The van der Waals surface area contributed by atoms with Crippen molar-refractivity contribution in [3.05, 3.63) is 0 Å². The van der Waals surface area contributed by atoms with Gasteiger partial charge in [0.05, 0.1) is 25.0 Å². The van der Waals surface area contributed by atoms with Crippen molar-refractivity contribution in [3.8, 4) is 0 Å². The van der Waals surface area contributed by atoms with Crippen LogP contribution in [0.1, 0.15) is 124 Å². The van der Waals surface area contributed by atoms with Gasteiger partial charge in [-0.1, -0.05) is 85.5 Å². The van der Waals surface area contributed by atoms with Crippen LogP contribution in [0.15, 0.2) is 0 Å². The molecule has 1 aliphatic rings. The molecule has 0 aromatic heterocycles. The van der Waals surface area contributed by atoms with Gasteiger partial charge in [-0.25, -0.2) is 0 Å². The molecule has 1 aliphatic carbocycles. The van der Waals surface area contributed by atoms with E-state index in [1.807, 2.05) is 0 Å². The summed E-state index contributed by atoms with van der Waals surface area (Å²) in [5.41, 5.74) is 0. The van der Waals surface area contributed by atoms with Crippen molar-refractivity contribution in [2.24, 2.45) is 23.7 Å². The smallest absolute Gasteiger partial charge is 0.308 e. The Morgan fingerprint density at radius 2 is 1.03 bits per heavy atom. The lowest BCUT2D eigenvalue weighted by Gasteiger charge is -2.26. The van der Waals surface area contributed by atoms with E-state index >= 15 is 0 Å². The Hall–Kier alpha value is -1.06. The molecule has 31 heavy (non-hydrogen) atoms. The van der Waals surface area contributed by atoms with Gasteiger partial charge >= 0.3 is 11.9 Å². The van der Waals surface area contributed by atoms with Gasteiger partial charge in [-0.2, -0.15) is 0 Å². The van der Waals surface area contributed by atoms with Gasteiger partial charge in [0.25, 0.3) is 0 Å². The van der Waals surface area contributed by atoms with Gasteiger partial charge in [-0.3, -0.25) is 9.59 Å². The Labute approximate surface area is 192 Å². The van der Waals surface area contributed by atoms with Crippen LogP contribution in [-0.4, -0.2) is 25.2 Å². The number of hydrogen-bond donors (Lipinski definition) is 0. The molecule has 0 bridgehead atoms. The number of hydrogen-bond acceptors (Lipinski definition) is 4. The molecule has 1 saturated carbocycles. The van der Waals surface area contributed by atoms with Gasteiger partial charge in [-0.15, -0.1) is 0 Å². The predicted octanol–water partition coefficient (Wildman–Crippen LogP) is 7.48. The predicted molar refractivity (Wildman–Crippen MR) is 128 cm³/mol. The maximum absolute atomic E-state index is 12.4. The Morgan fingerprint density at radius 1 is 0.645 bits per heavy atom. The first kappa shape index (κ1) is 28.0. The van der Waals surface area contributed by atoms with Gasteiger partial charge in [-0.05, 0) is 50.4 Å². The molecule has 4 nitrogen and oxygen atoms in total. The molecular formula is C27H50O4. The van der Waals surface area contributed by atoms with Gasteiger partial charge in [0.15, 0.2) is 0 Å². The van der Waals surface area contributed by atoms with E-state index in [9.17, 15) is 9.59 Å². The van der Waals surface area contributed by atoms with Crippen LogP contribution in [0.2, 0.25) is 0 Å². The molecule has 0 amide bonds. The van der Waals surface area contributed by atoms with E-state index in [0.717, 1.165) is 50.9 Å². The fourth-order valence-corrected chi connectivity index (χ4v) is 4.39. The summed E-state index contributed by atoms with van der Waals surface area (Å²) in [7, 11) is 0. The van der Waals surface area contributed by atoms with E-state index in [1.54, 1.807) is 0 Å². The molecule has 0 aliphatic heterocycles. The number of esters is 2. The third-order valence-electron chi connectivity index (χ3n) is 6.43. The molecule has 182 valence electrons. The number of rotatable bonds is 17. The maximum Gasteiger partial charge on any atom is 0.308 e. The second kappa shape index (κ2) is 17.5. The lowest BCUT2D eigenvalue weighted by atomic mass is 9.81. The summed E-state index contributed by atoms with van der Waals surface area (Å²) in [6, 6.07) is 0. The number of unbranched alkanes of at least 4 members (excludes halogenated alkanes) is 7. The molecule has 0 heterocycles. The zero-order chi connectivity index (χ0) is 22.9. The van der Waals surface area contributed by atoms with Crippen LogP contribution in [-0.2, 0) is 19.1 Å². The molecule has 2 unspecified atom stereocenters. The van der Waals surface area contributed by atoms with Crippen LogP contribution in [0, 0.1) is 23.7 Å². The lowest BCUT2D eigenvalue weighted by Crippen LogP contribution is -2.30. The first-order valence-electron chi connectivity index (χ1n) is 13.2. The zero-order valence-corrected chi connectivity index (χ0v) is 21.0. The van der Waals surface area contributed by atoms with Gasteiger partial charge in [0.2, 0.25) is 0 Å². The normalized spacial score (nSPS) is 19.0. The second-order valence-corrected chi connectivity index (χ2v) is 10.4. The van der Waals surface area contributed by atoms with E-state index in [1.165, 1.54) is 44.9 Å². The number of carbonyl (C=O) groups excluding carboxylic acids is 2. The Balaban J connectivity index is 2.07. The summed E-state index contributed by atoms with van der Waals surface area (Å²) in [5, 5.41) is 0. The third kappa shape index (κ3) is 14.6. The molecule has 4 heteroatoms. The highest BCUT2D eigenvalue weighted by atomic mass is 16.5. The summed E-state index contributed by atoms with van der Waals surface area (Å²) in [6.45, 7) is 10.0. The molecule has 0 aromatic carbocycles. The van der Waals surface area contributed by atoms with Crippen molar-refractivity contribution in [2.45, 2.75) is 124 Å². The first-order valence-corrected chi connectivity index (χ1v) is 13.2. The fraction of sp³-hybridized carbons (Fsp3) is 0.926. The third-order valence-corrected chi connectivity index (χ3v) is 6.43. The molecule has 2 atom stereocenters. The molecule has 0 saturated heterocycles. The van der Waals surface area contributed by atoms with Crippen molar-refractivity contribution in [1.29, 1.82) is 0 Å². The molecule has 1 rings (SSSR count). The Morgan fingerprint density at radius 3 is 1.52 bits per heavy atom. The van der Waals surface area contributed by atoms with Gasteiger partial charge in [0.1, 0.15) is 0 Å². The van der Waals surface area contributed by atoms with Crippen LogP contribution in [0.25, 0.3) is 0 Å². The van der Waals surface area contributed by atoms with E-state index < -0.39 is 0 Å². The molecular weight excluding hydrogens is 388 g/mol. The molecule has 0 radical (unpaired) electrons. The van der Waals surface area contributed by atoms with Crippen molar-refractivity contribution in [2.75, 3.05) is 13.2 Å². The molecule has 1 fully saturated rings. The van der Waals surface area contributed by atoms with E-state index in [2.05, 4.69) is 27.7 Å². The highest BCUT2D eigenvalue weighted by Crippen LogP contribution is 2.31. The zero-order valence-electron chi connectivity index (χ0n) is 21.0. The van der Waals surface area contributed by atoms with Crippen molar-refractivity contribution >= 4 is 11.9 Å². The quantitative estimate of drug-likeness (QED) is 0.174. The van der Waals surface area contributed by atoms with Crippen LogP contribution in [0.5, 0.6) is 0 Å². The summed E-state index contributed by atoms with van der Waals surface area (Å²) in [5.74, 6) is 1.03. The minimum absolute atomic E-state index is 0.108. The van der Waals surface area contributed by atoms with Crippen LogP contribution in [0.4, 0.5) is 0 Å². The average molecular weight is 439 g/mol. The number of ether oxygens (including phenoxy) is 2. The van der Waals surface area contributed by atoms with E-state index in [0.29, 0.717) is 25.6 Å². The Bertz CT molecular complexity index is 472. The highest BCUT2D eigenvalue weighted by molar-refractivity contribution is 5.76. The summed E-state index contributed by atoms with van der Waals surface area (Å²) in [6.07, 6.45) is 16.3. The van der Waals surface area contributed by atoms with Crippen molar-refractivity contribution < 1.29 is 19.1 Å². The van der Waals surface area contributed by atoms with Crippen LogP contribution < -0.4 is 0 Å². The summed E-state index contributed by atoms with van der Waals surface area (Å²) in [4.78, 5) is 24.8. The second-order valence-electron chi connectivity index (χ2n) is 10.4. The van der Waals surface area contributed by atoms with Crippen molar-refractivity contribution in [1.82, 2.24) is 0 Å². The molecule has 0 aromatic rings. The highest BCUT2D eigenvalue weighted by Gasteiger charge is 2.32. The molecule has 0 spiro atoms. The SMILES string of the molecule is CC(C)CCCCCCCCCOC(=O)C1CCCC(C(=O)OCCCCC(C)C)C1. The summed E-state index contributed by atoms with van der Waals surface area (Å²) >= 11 is 0. The first-order chi connectivity index (χ1) is 14.9. The fourth-order valence-electron chi connectivity index (χ4n) is 4.39. The van der Waals surface area contributed by atoms with Gasteiger partial charge in [0, 0.05) is 0 Å². The molecule has 0 N–H and O–H groups in total. The van der Waals surface area contributed by atoms with Crippen LogP contribution in [0.3, 0.4) is 0 Å². The maximum atomic E-state index is 12.4. The summed E-state index contributed by atoms with van der Waals surface area (Å²) < 4.78 is 11.0. The average Bonchev–Trinajstić information content (AvgIpc) is 2.74.